The molecule has 0 heterocycles. The molecule has 2 N–H and O–H groups in total. The molecule has 0 aromatic heterocycles. The third-order valence-electron chi connectivity index (χ3n) is 2.61. The summed E-state index contributed by atoms with van der Waals surface area (Å²) in [6.45, 7) is 0. The predicted octanol–water partition coefficient (Wildman–Crippen LogP) is 4.27. The van der Waals surface area contributed by atoms with Crippen LogP contribution in [0.2, 0.25) is 5.02 Å². The second-order valence-corrected chi connectivity index (χ2v) is 5.36. The van der Waals surface area contributed by atoms with Gasteiger partial charge in [-0.25, -0.2) is 8.78 Å². The van der Waals surface area contributed by atoms with E-state index in [9.17, 15) is 8.78 Å². The molecule has 0 spiro atoms. The molecule has 94 valence electrons. The average Bonchev–Trinajstić information content (AvgIpc) is 2.33. The molecule has 18 heavy (non-hydrogen) atoms. The second kappa shape index (κ2) is 5.50. The van der Waals surface area contributed by atoms with Crippen LogP contribution in [0.1, 0.15) is 17.2 Å². The molecule has 0 aliphatic carbocycles. The minimum atomic E-state index is -0.973. The Morgan fingerprint density at radius 1 is 1.06 bits per heavy atom. The van der Waals surface area contributed by atoms with Crippen LogP contribution < -0.4 is 5.73 Å². The molecule has 1 atom stereocenters. The lowest BCUT2D eigenvalue weighted by atomic mass is 9.99. The number of hydrogen-bond donors (Lipinski definition) is 1. The lowest BCUT2D eigenvalue weighted by Crippen LogP contribution is -2.14. The van der Waals surface area contributed by atoms with E-state index < -0.39 is 17.7 Å². The van der Waals surface area contributed by atoms with Gasteiger partial charge < -0.3 is 5.73 Å². The fourth-order valence-corrected chi connectivity index (χ4v) is 2.66. The highest BCUT2D eigenvalue weighted by Crippen LogP contribution is 2.30. The van der Waals surface area contributed by atoms with Crippen molar-refractivity contribution in [1.29, 1.82) is 0 Å². The van der Waals surface area contributed by atoms with Crippen LogP contribution in [0.25, 0.3) is 0 Å². The average molecular weight is 380 g/mol. The summed E-state index contributed by atoms with van der Waals surface area (Å²) in [6, 6.07) is 8.86. The van der Waals surface area contributed by atoms with Gasteiger partial charge in [-0.1, -0.05) is 29.8 Å². The minimum Gasteiger partial charge on any atom is -0.320 e. The summed E-state index contributed by atoms with van der Waals surface area (Å²) < 4.78 is 27.2. The van der Waals surface area contributed by atoms with Crippen LogP contribution in [0.15, 0.2) is 36.4 Å². The van der Waals surface area contributed by atoms with Crippen molar-refractivity contribution >= 4 is 34.2 Å². The van der Waals surface area contributed by atoms with Crippen molar-refractivity contribution < 1.29 is 8.78 Å². The van der Waals surface area contributed by atoms with Gasteiger partial charge in [0.25, 0.3) is 0 Å². The normalized spacial score (nSPS) is 12.5. The van der Waals surface area contributed by atoms with Gasteiger partial charge >= 0.3 is 0 Å². The van der Waals surface area contributed by atoms with E-state index in [1.165, 1.54) is 0 Å². The number of nitrogens with two attached hydrogens (primary N) is 1. The first-order valence-electron chi connectivity index (χ1n) is 5.15. The molecule has 0 aliphatic heterocycles. The van der Waals surface area contributed by atoms with Gasteiger partial charge in [-0.05, 0) is 51.9 Å². The van der Waals surface area contributed by atoms with Gasteiger partial charge in [-0.15, -0.1) is 0 Å². The van der Waals surface area contributed by atoms with Crippen LogP contribution in [0, 0.1) is 15.2 Å². The molecule has 0 aliphatic rings. The monoisotopic (exact) mass is 379 g/mol. The Hall–Kier alpha value is -0.720. The van der Waals surface area contributed by atoms with Crippen molar-refractivity contribution in [1.82, 2.24) is 0 Å². The highest BCUT2D eigenvalue weighted by molar-refractivity contribution is 14.1. The molecule has 2 rings (SSSR count). The highest BCUT2D eigenvalue weighted by atomic mass is 127. The van der Waals surface area contributed by atoms with E-state index in [1.54, 1.807) is 0 Å². The lowest BCUT2D eigenvalue weighted by molar-refractivity contribution is 0.506. The SMILES string of the molecule is NC(c1cc(F)c(F)cc1Cl)c1ccccc1I. The fraction of sp³-hybridized carbons (Fsp3) is 0.0769. The van der Waals surface area contributed by atoms with Crippen LogP contribution in [0.5, 0.6) is 0 Å². The number of rotatable bonds is 2. The van der Waals surface area contributed by atoms with Crippen molar-refractivity contribution in [3.05, 3.63) is 67.8 Å². The zero-order chi connectivity index (χ0) is 13.3. The molecule has 1 unspecified atom stereocenters. The summed E-state index contributed by atoms with van der Waals surface area (Å²) in [5, 5.41) is 0.126. The van der Waals surface area contributed by atoms with Gasteiger partial charge in [0.15, 0.2) is 11.6 Å². The predicted molar refractivity (Wildman–Crippen MR) is 76.6 cm³/mol. The Kier molecular flexibility index (Phi) is 4.19. The van der Waals surface area contributed by atoms with Crippen molar-refractivity contribution in [3.8, 4) is 0 Å². The van der Waals surface area contributed by atoms with Crippen LogP contribution in [-0.2, 0) is 0 Å². The topological polar surface area (TPSA) is 26.0 Å². The summed E-state index contributed by atoms with van der Waals surface area (Å²) >= 11 is 8.05. The Balaban J connectivity index is 2.50. The number of halogens is 4. The molecule has 0 radical (unpaired) electrons. The van der Waals surface area contributed by atoms with Gasteiger partial charge in [-0.2, -0.15) is 0 Å². The van der Waals surface area contributed by atoms with Crippen molar-refractivity contribution in [2.75, 3.05) is 0 Å². The molecule has 0 amide bonds. The van der Waals surface area contributed by atoms with E-state index in [1.807, 2.05) is 24.3 Å². The van der Waals surface area contributed by atoms with E-state index >= 15 is 0 Å². The summed E-state index contributed by atoms with van der Waals surface area (Å²) in [6.07, 6.45) is 0. The van der Waals surface area contributed by atoms with Gasteiger partial charge in [0.2, 0.25) is 0 Å². The van der Waals surface area contributed by atoms with Crippen LogP contribution in [-0.4, -0.2) is 0 Å². The maximum Gasteiger partial charge on any atom is 0.160 e. The van der Waals surface area contributed by atoms with Gasteiger partial charge in [-0.3, -0.25) is 0 Å². The third kappa shape index (κ3) is 2.65. The maximum atomic E-state index is 13.2. The molecule has 1 nitrogen and oxygen atoms in total. The third-order valence-corrected chi connectivity index (χ3v) is 3.92. The summed E-state index contributed by atoms with van der Waals surface area (Å²) in [7, 11) is 0. The molecular weight excluding hydrogens is 371 g/mol. The number of hydrogen-bond acceptors (Lipinski definition) is 1. The molecule has 5 heteroatoms. The lowest BCUT2D eigenvalue weighted by Gasteiger charge is -2.16. The van der Waals surface area contributed by atoms with Crippen molar-refractivity contribution in [3.63, 3.8) is 0 Å². The molecule has 0 saturated carbocycles. The highest BCUT2D eigenvalue weighted by Gasteiger charge is 2.17. The van der Waals surface area contributed by atoms with Gasteiger partial charge in [0, 0.05) is 8.59 Å². The van der Waals surface area contributed by atoms with Crippen LogP contribution >= 0.6 is 34.2 Å². The van der Waals surface area contributed by atoms with E-state index in [0.29, 0.717) is 5.56 Å². The second-order valence-electron chi connectivity index (χ2n) is 3.79. The van der Waals surface area contributed by atoms with E-state index in [4.69, 9.17) is 17.3 Å². The zero-order valence-corrected chi connectivity index (χ0v) is 12.0. The largest absolute Gasteiger partial charge is 0.320 e. The molecule has 0 saturated heterocycles. The smallest absolute Gasteiger partial charge is 0.160 e. The van der Waals surface area contributed by atoms with Crippen molar-refractivity contribution in [2.45, 2.75) is 6.04 Å². The van der Waals surface area contributed by atoms with Gasteiger partial charge in [0.05, 0.1) is 6.04 Å². The molecule has 0 fully saturated rings. The summed E-state index contributed by atoms with van der Waals surface area (Å²) in [4.78, 5) is 0. The Morgan fingerprint density at radius 2 is 1.67 bits per heavy atom. The van der Waals surface area contributed by atoms with Crippen LogP contribution in [0.4, 0.5) is 8.78 Å². The summed E-state index contributed by atoms with van der Waals surface area (Å²) in [5.41, 5.74) is 7.26. The maximum absolute atomic E-state index is 13.2. The van der Waals surface area contributed by atoms with Gasteiger partial charge in [0.1, 0.15) is 0 Å². The first kappa shape index (κ1) is 13.7. The standard InChI is InChI=1S/C13H9ClF2IN/c14-9-6-11(16)10(15)5-8(9)13(18)7-3-1-2-4-12(7)17/h1-6,13H,18H2. The molecular formula is C13H9ClF2IN. The Morgan fingerprint density at radius 3 is 2.33 bits per heavy atom. The van der Waals surface area contributed by atoms with E-state index in [0.717, 1.165) is 21.3 Å². The zero-order valence-electron chi connectivity index (χ0n) is 9.13. The quantitative estimate of drug-likeness (QED) is 0.612. The van der Waals surface area contributed by atoms with Crippen LogP contribution in [0.3, 0.4) is 0 Å². The number of benzene rings is 2. The van der Waals surface area contributed by atoms with E-state index in [-0.39, 0.29) is 5.02 Å². The molecule has 2 aromatic carbocycles. The first-order chi connectivity index (χ1) is 8.50. The molecule has 2 aromatic rings. The first-order valence-corrected chi connectivity index (χ1v) is 6.61. The minimum absolute atomic E-state index is 0.126. The molecule has 0 bridgehead atoms. The Labute approximate surface area is 122 Å². The summed E-state index contributed by atoms with van der Waals surface area (Å²) in [5.74, 6) is -1.92. The van der Waals surface area contributed by atoms with E-state index in [2.05, 4.69) is 22.6 Å². The van der Waals surface area contributed by atoms with Crippen molar-refractivity contribution in [2.24, 2.45) is 5.73 Å². The fourth-order valence-electron chi connectivity index (χ4n) is 1.67. The Bertz CT molecular complexity index is 589.